The zero-order chi connectivity index (χ0) is 21.6. The highest BCUT2D eigenvalue weighted by molar-refractivity contribution is 7.21. The van der Waals surface area contributed by atoms with Crippen LogP contribution in [-0.2, 0) is 0 Å². The quantitative estimate of drug-likeness (QED) is 0.346. The molecular weight excluding hydrogens is 415 g/mol. The first-order chi connectivity index (χ1) is 15.2. The number of hydrogen-bond acceptors (Lipinski definition) is 5. The number of amides is 1. The Balaban J connectivity index is 1.42. The molecule has 1 amide bonds. The molecule has 0 aliphatic carbocycles. The Hall–Kier alpha value is -3.45. The lowest BCUT2D eigenvalue weighted by Gasteiger charge is -2.08. The molecule has 0 atom stereocenters. The molecule has 5 nitrogen and oxygen atoms in total. The largest absolute Gasteiger partial charge is 0.497 e. The molecule has 1 heterocycles. The average Bonchev–Trinajstić information content (AvgIpc) is 3.23. The van der Waals surface area contributed by atoms with Gasteiger partial charge in [0, 0.05) is 23.2 Å². The SMILES string of the molecule is COc1ccc2nc(-c3ccc(NC(=O)c4ccc(OCCCF)cc4)cc3)sc2c1. The molecule has 0 saturated carbocycles. The van der Waals surface area contributed by atoms with Crippen molar-refractivity contribution in [2.45, 2.75) is 6.42 Å². The number of fused-ring (bicyclic) bond motifs is 1. The summed E-state index contributed by atoms with van der Waals surface area (Å²) in [5.74, 6) is 1.21. The van der Waals surface area contributed by atoms with Gasteiger partial charge in [-0.2, -0.15) is 0 Å². The minimum absolute atomic E-state index is 0.213. The summed E-state index contributed by atoms with van der Waals surface area (Å²) < 4.78 is 23.9. The first-order valence-electron chi connectivity index (χ1n) is 9.81. The molecule has 0 aliphatic rings. The highest BCUT2D eigenvalue weighted by Gasteiger charge is 2.09. The third-order valence-corrected chi connectivity index (χ3v) is 5.72. The van der Waals surface area contributed by atoms with Crippen molar-refractivity contribution in [3.63, 3.8) is 0 Å². The van der Waals surface area contributed by atoms with Gasteiger partial charge in [0.05, 0.1) is 30.6 Å². The average molecular weight is 437 g/mol. The Morgan fingerprint density at radius 2 is 1.77 bits per heavy atom. The number of benzene rings is 3. The molecule has 4 rings (SSSR count). The number of rotatable bonds is 8. The van der Waals surface area contributed by atoms with E-state index in [0.29, 0.717) is 30.0 Å². The van der Waals surface area contributed by atoms with E-state index >= 15 is 0 Å². The summed E-state index contributed by atoms with van der Waals surface area (Å²) in [6.07, 6.45) is 0.351. The minimum atomic E-state index is -0.410. The van der Waals surface area contributed by atoms with E-state index in [1.54, 1.807) is 42.7 Å². The number of thiazole rings is 1. The molecule has 7 heteroatoms. The molecule has 4 aromatic rings. The second kappa shape index (κ2) is 9.57. The highest BCUT2D eigenvalue weighted by atomic mass is 32.1. The second-order valence-corrected chi connectivity index (χ2v) is 7.83. The van der Waals surface area contributed by atoms with Crippen LogP contribution in [0.5, 0.6) is 11.5 Å². The third kappa shape index (κ3) is 5.00. The Labute approximate surface area is 183 Å². The zero-order valence-corrected chi connectivity index (χ0v) is 17.7. The third-order valence-electron chi connectivity index (χ3n) is 4.65. The van der Waals surface area contributed by atoms with Crippen molar-refractivity contribution < 1.29 is 18.7 Å². The van der Waals surface area contributed by atoms with E-state index in [2.05, 4.69) is 10.3 Å². The van der Waals surface area contributed by atoms with Gasteiger partial charge in [-0.25, -0.2) is 4.98 Å². The minimum Gasteiger partial charge on any atom is -0.497 e. The predicted octanol–water partition coefficient (Wildman–Crippen LogP) is 5.96. The van der Waals surface area contributed by atoms with Crippen LogP contribution in [-0.4, -0.2) is 31.3 Å². The standard InChI is InChI=1S/C24H21FN2O3S/c1-29-20-11-12-21-22(15-20)31-24(27-21)17-3-7-18(8-4-17)26-23(28)16-5-9-19(10-6-16)30-14-2-13-25/h3-12,15H,2,13-14H2,1H3,(H,26,28). The normalized spacial score (nSPS) is 10.8. The summed E-state index contributed by atoms with van der Waals surface area (Å²) in [4.78, 5) is 17.2. The monoisotopic (exact) mass is 436 g/mol. The van der Waals surface area contributed by atoms with Crippen molar-refractivity contribution in [3.8, 4) is 22.1 Å². The summed E-state index contributed by atoms with van der Waals surface area (Å²) in [6, 6.07) is 20.2. The van der Waals surface area contributed by atoms with Gasteiger partial charge in [-0.1, -0.05) is 0 Å². The fraction of sp³-hybridized carbons (Fsp3) is 0.167. The zero-order valence-electron chi connectivity index (χ0n) is 16.9. The van der Waals surface area contributed by atoms with Crippen molar-refractivity contribution in [1.29, 1.82) is 0 Å². The van der Waals surface area contributed by atoms with Crippen LogP contribution in [0.2, 0.25) is 0 Å². The lowest BCUT2D eigenvalue weighted by atomic mass is 10.2. The van der Waals surface area contributed by atoms with Gasteiger partial charge >= 0.3 is 0 Å². The van der Waals surface area contributed by atoms with Gasteiger partial charge < -0.3 is 14.8 Å². The maximum absolute atomic E-state index is 12.5. The number of methoxy groups -OCH3 is 1. The lowest BCUT2D eigenvalue weighted by molar-refractivity contribution is 0.102. The maximum atomic E-state index is 12.5. The molecule has 158 valence electrons. The van der Waals surface area contributed by atoms with Crippen LogP contribution >= 0.6 is 11.3 Å². The molecule has 0 unspecified atom stereocenters. The lowest BCUT2D eigenvalue weighted by Crippen LogP contribution is -2.11. The van der Waals surface area contributed by atoms with Gasteiger partial charge in [0.15, 0.2) is 0 Å². The molecule has 0 fully saturated rings. The van der Waals surface area contributed by atoms with Crippen LogP contribution in [0, 0.1) is 0 Å². The number of anilines is 1. The Morgan fingerprint density at radius 1 is 1.03 bits per heavy atom. The van der Waals surface area contributed by atoms with E-state index in [0.717, 1.165) is 26.5 Å². The van der Waals surface area contributed by atoms with Crippen molar-refractivity contribution in [3.05, 3.63) is 72.3 Å². The van der Waals surface area contributed by atoms with E-state index in [9.17, 15) is 9.18 Å². The number of nitrogens with zero attached hydrogens (tertiary/aromatic N) is 1. The van der Waals surface area contributed by atoms with Gasteiger partial charge in [-0.05, 0) is 66.7 Å². The molecule has 0 spiro atoms. The van der Waals surface area contributed by atoms with Gasteiger partial charge in [0.1, 0.15) is 16.5 Å². The molecule has 0 radical (unpaired) electrons. The highest BCUT2D eigenvalue weighted by Crippen LogP contribution is 2.32. The van der Waals surface area contributed by atoms with E-state index in [1.807, 2.05) is 42.5 Å². The molecule has 31 heavy (non-hydrogen) atoms. The number of hydrogen-bond donors (Lipinski definition) is 1. The fourth-order valence-electron chi connectivity index (χ4n) is 3.00. The summed E-state index contributed by atoms with van der Waals surface area (Å²) in [6.45, 7) is -0.0937. The number of carbonyl (C=O) groups is 1. The van der Waals surface area contributed by atoms with Gasteiger partial charge in [-0.3, -0.25) is 9.18 Å². The van der Waals surface area contributed by atoms with Crippen molar-refractivity contribution >= 4 is 33.1 Å². The maximum Gasteiger partial charge on any atom is 0.255 e. The number of halogens is 1. The van der Waals surface area contributed by atoms with E-state index in [-0.39, 0.29) is 5.91 Å². The first-order valence-corrected chi connectivity index (χ1v) is 10.6. The first kappa shape index (κ1) is 20.8. The Kier molecular flexibility index (Phi) is 6.43. The summed E-state index contributed by atoms with van der Waals surface area (Å²) in [7, 11) is 1.65. The summed E-state index contributed by atoms with van der Waals surface area (Å²) >= 11 is 1.59. The second-order valence-electron chi connectivity index (χ2n) is 6.80. The predicted molar refractivity (Wildman–Crippen MR) is 122 cm³/mol. The van der Waals surface area contributed by atoms with Gasteiger partial charge in [0.25, 0.3) is 5.91 Å². The molecule has 1 N–H and O–H groups in total. The Bertz CT molecular complexity index is 1170. The smallest absolute Gasteiger partial charge is 0.255 e. The molecular formula is C24H21FN2O3S. The van der Waals surface area contributed by atoms with Crippen molar-refractivity contribution in [2.75, 3.05) is 25.7 Å². The number of carbonyl (C=O) groups excluding carboxylic acids is 1. The van der Waals surface area contributed by atoms with Crippen LogP contribution < -0.4 is 14.8 Å². The number of aromatic nitrogens is 1. The Morgan fingerprint density at radius 3 is 2.48 bits per heavy atom. The molecule has 0 aliphatic heterocycles. The van der Waals surface area contributed by atoms with Crippen molar-refractivity contribution in [2.24, 2.45) is 0 Å². The molecule has 1 aromatic heterocycles. The molecule has 3 aromatic carbocycles. The van der Waals surface area contributed by atoms with E-state index < -0.39 is 6.67 Å². The molecule has 0 saturated heterocycles. The van der Waals surface area contributed by atoms with Crippen LogP contribution in [0.25, 0.3) is 20.8 Å². The van der Waals surface area contributed by atoms with Crippen LogP contribution in [0.3, 0.4) is 0 Å². The number of ether oxygens (including phenoxy) is 2. The van der Waals surface area contributed by atoms with Gasteiger partial charge in [0.2, 0.25) is 0 Å². The summed E-state index contributed by atoms with van der Waals surface area (Å²) in [5, 5.41) is 3.79. The topological polar surface area (TPSA) is 60.5 Å². The van der Waals surface area contributed by atoms with Crippen LogP contribution in [0.15, 0.2) is 66.7 Å². The number of alkyl halides is 1. The fourth-order valence-corrected chi connectivity index (χ4v) is 4.00. The number of nitrogens with one attached hydrogen (secondary N) is 1. The van der Waals surface area contributed by atoms with E-state index in [1.165, 1.54) is 0 Å². The molecule has 0 bridgehead atoms. The van der Waals surface area contributed by atoms with Gasteiger partial charge in [-0.15, -0.1) is 11.3 Å². The summed E-state index contributed by atoms with van der Waals surface area (Å²) in [5.41, 5.74) is 3.12. The van der Waals surface area contributed by atoms with Crippen LogP contribution in [0.4, 0.5) is 10.1 Å². The van der Waals surface area contributed by atoms with Crippen molar-refractivity contribution in [1.82, 2.24) is 4.98 Å². The van der Waals surface area contributed by atoms with E-state index in [4.69, 9.17) is 9.47 Å². The van der Waals surface area contributed by atoms with Crippen LogP contribution in [0.1, 0.15) is 16.8 Å².